The molecule has 33 nitrogen and oxygen atoms in total. The van der Waals surface area contributed by atoms with Gasteiger partial charge in [-0.25, -0.2) is 4.79 Å². The summed E-state index contributed by atoms with van der Waals surface area (Å²) in [5.41, 5.74) is 31.0. The molecule has 3 aromatic rings. The minimum absolute atomic E-state index is 0.0363. The second-order valence-electron chi connectivity index (χ2n) is 26.9. The van der Waals surface area contributed by atoms with Crippen molar-refractivity contribution in [3.05, 3.63) is 71.9 Å². The fraction of sp³-hybridized carbons (Fsp3) is 0.594. The molecule has 2 aromatic carbocycles. The number of aliphatic carboxylic acids is 2. The van der Waals surface area contributed by atoms with E-state index in [1.165, 1.54) is 0 Å². The van der Waals surface area contributed by atoms with E-state index in [-0.39, 0.29) is 76.8 Å². The summed E-state index contributed by atoms with van der Waals surface area (Å²) >= 11 is 0. The van der Waals surface area contributed by atoms with E-state index in [9.17, 15) is 72.5 Å². The summed E-state index contributed by atoms with van der Waals surface area (Å²) in [6.45, 7) is 13.7. The van der Waals surface area contributed by atoms with Crippen LogP contribution < -0.4 is 87.2 Å². The monoisotopic (exact) mass is 1430 g/mol. The van der Waals surface area contributed by atoms with E-state index in [0.717, 1.165) is 16.5 Å². The smallest absolute Gasteiger partial charge is 0.326 e. The van der Waals surface area contributed by atoms with E-state index < -0.39 is 186 Å². The average molecular weight is 1430 g/mol. The zero-order valence-electron chi connectivity index (χ0n) is 59.8. The van der Waals surface area contributed by atoms with Crippen LogP contribution in [0.3, 0.4) is 0 Å². The van der Waals surface area contributed by atoms with Crippen LogP contribution in [0, 0.1) is 29.1 Å². The zero-order chi connectivity index (χ0) is 76.3. The molecule has 1 aromatic heterocycles. The minimum atomic E-state index is -1.67. The van der Waals surface area contributed by atoms with Gasteiger partial charge in [0.15, 0.2) is 5.96 Å². The van der Waals surface area contributed by atoms with Gasteiger partial charge in [-0.15, -0.1) is 0 Å². The van der Waals surface area contributed by atoms with Gasteiger partial charge in [0.25, 0.3) is 0 Å². The van der Waals surface area contributed by atoms with Crippen molar-refractivity contribution in [2.75, 3.05) is 19.6 Å². The van der Waals surface area contributed by atoms with E-state index in [4.69, 9.17) is 34.1 Å². The molecule has 0 saturated heterocycles. The molecule has 0 saturated carbocycles. The normalized spacial score (nSPS) is 14.6. The number of unbranched alkanes of at least 4 members (excludes halogenated alkanes) is 2. The Morgan fingerprint density at radius 2 is 0.853 bits per heavy atom. The highest BCUT2D eigenvalue weighted by molar-refractivity contribution is 5.99. The van der Waals surface area contributed by atoms with E-state index in [1.807, 2.05) is 24.3 Å². The molecule has 3 rings (SSSR count). The average Bonchev–Trinajstić information content (AvgIpc) is 1.50. The fourth-order valence-corrected chi connectivity index (χ4v) is 11.0. The van der Waals surface area contributed by atoms with Crippen molar-refractivity contribution in [3.8, 4) is 0 Å². The molecule has 102 heavy (non-hydrogen) atoms. The minimum Gasteiger partial charge on any atom is -0.481 e. The molecule has 0 aliphatic rings. The summed E-state index contributed by atoms with van der Waals surface area (Å²) < 4.78 is 0. The Morgan fingerprint density at radius 1 is 0.451 bits per heavy atom. The number of aromatic nitrogens is 1. The van der Waals surface area contributed by atoms with Gasteiger partial charge in [-0.1, -0.05) is 104 Å². The van der Waals surface area contributed by atoms with Gasteiger partial charge in [0.05, 0.1) is 6.04 Å². The number of benzene rings is 2. The molecule has 0 radical (unpaired) electrons. The lowest BCUT2D eigenvalue weighted by molar-refractivity contribution is -0.142. The number of para-hydroxylation sites is 1. The number of nitrogens with two attached hydrogens (primary N) is 5. The van der Waals surface area contributed by atoms with E-state index in [2.05, 4.69) is 63.5 Å². The number of aromatic amines is 1. The van der Waals surface area contributed by atoms with Gasteiger partial charge in [-0.05, 0) is 131 Å². The van der Waals surface area contributed by atoms with Crippen LogP contribution in [0.15, 0.2) is 60.8 Å². The van der Waals surface area contributed by atoms with Gasteiger partial charge in [0.1, 0.15) is 60.4 Å². The summed E-state index contributed by atoms with van der Waals surface area (Å²) in [5.74, 6) is -14.9. The lowest BCUT2D eigenvalue weighted by Crippen LogP contribution is -2.62. The molecule has 566 valence electrons. The van der Waals surface area contributed by atoms with E-state index in [1.54, 1.807) is 91.9 Å². The van der Waals surface area contributed by atoms with Gasteiger partial charge in [-0.3, -0.25) is 62.9 Å². The number of H-pyrrole nitrogens is 1. The number of nitrogens with one attached hydrogen (secondary N) is 13. The van der Waals surface area contributed by atoms with Crippen LogP contribution in [0.4, 0.5) is 0 Å². The maximum absolute atomic E-state index is 14.6. The maximum Gasteiger partial charge on any atom is 0.326 e. The summed E-state index contributed by atoms with van der Waals surface area (Å²) in [6.07, 6.45) is 1.30. The Kier molecular flexibility index (Phi) is 37.7. The van der Waals surface area contributed by atoms with Crippen LogP contribution in [0.2, 0.25) is 0 Å². The summed E-state index contributed by atoms with van der Waals surface area (Å²) in [7, 11) is 0. The molecule has 11 amide bonds. The Morgan fingerprint density at radius 3 is 1.34 bits per heavy atom. The number of hydrogen-bond donors (Lipinski definition) is 20. The topological polar surface area (TPSA) is 564 Å². The van der Waals surface area contributed by atoms with Crippen LogP contribution in [0.5, 0.6) is 0 Å². The highest BCUT2D eigenvalue weighted by Crippen LogP contribution is 2.20. The molecule has 0 unspecified atom stereocenters. The van der Waals surface area contributed by atoms with Crippen molar-refractivity contribution in [1.82, 2.24) is 63.5 Å². The van der Waals surface area contributed by atoms with Crippen molar-refractivity contribution in [3.63, 3.8) is 0 Å². The lowest BCUT2D eigenvalue weighted by atomic mass is 9.98. The first kappa shape index (κ1) is 86.5. The number of carbonyl (C=O) groups is 13. The number of primary amides is 1. The largest absolute Gasteiger partial charge is 0.481 e. The van der Waals surface area contributed by atoms with Gasteiger partial charge in [0.2, 0.25) is 65.0 Å². The van der Waals surface area contributed by atoms with Crippen LogP contribution in [-0.4, -0.2) is 184 Å². The second-order valence-corrected chi connectivity index (χ2v) is 26.9. The Balaban J connectivity index is 1.92. The van der Waals surface area contributed by atoms with Crippen molar-refractivity contribution in [1.29, 1.82) is 5.41 Å². The van der Waals surface area contributed by atoms with Gasteiger partial charge >= 0.3 is 11.9 Å². The van der Waals surface area contributed by atoms with Gasteiger partial charge in [-0.2, -0.15) is 0 Å². The standard InChI is InChI=1S/C69H110N18O15/c1-37(2)33-51(63(96)82-50(68(101)102)24-15-17-31-71)83-64(97)52(34-41-19-10-9-11-20-41)84-59(92)46(23-14-16-30-70)78-61(94)49(27-29-54(89)90)81-66(99)56(39(5)6)87-67(100)57(40(7)8)86-62(95)47(25-18-32-76-69(74)75)79-60(93)48(26-28-53(73)88)80-65(98)55(38(3)4)85-58(91)44(72)35-42-36-77-45-22-13-12-21-43(42)45/h9-13,19-22,36-40,44,46-52,55-57,77H,14-18,23-35,70-72H2,1-8H3,(H2,73,88)(H,78,94)(H,79,93)(H,80,98)(H,81,99)(H,82,96)(H,83,97)(H,84,92)(H,85,91)(H,86,95)(H,87,100)(H,89,90)(H,101,102)(H4,74,75,76)/t44-,46-,47-,48-,49-,50-,51-,52-,55-,56-,57-/m0/s1. The van der Waals surface area contributed by atoms with Crippen LogP contribution >= 0.6 is 0 Å². The van der Waals surface area contributed by atoms with Crippen molar-refractivity contribution < 1.29 is 72.5 Å². The molecule has 0 fully saturated rings. The van der Waals surface area contributed by atoms with Gasteiger partial charge < -0.3 is 102 Å². The number of fused-ring (bicyclic) bond motifs is 1. The molecule has 0 aliphatic heterocycles. The molecule has 0 spiro atoms. The number of carbonyl (C=O) groups excluding carboxylic acids is 11. The highest BCUT2D eigenvalue weighted by Gasteiger charge is 2.38. The Bertz CT molecular complexity index is 3290. The maximum atomic E-state index is 14.6. The SMILES string of the molecule is CC(C)C[C@H](NC(=O)[C@H](Cc1ccccc1)NC(=O)[C@H](CCCCN)NC(=O)[C@H](CCC(=O)O)NC(=O)[C@@H](NC(=O)[C@@H](NC(=O)[C@H](CCCNC(=N)N)NC(=O)[C@H](CCC(N)=O)NC(=O)[C@@H](NC(=O)[C@@H](N)Cc1c[nH]c2ccccc12)C(C)C)C(C)C)C(C)C)C(=O)N[C@@H](CCCCN)C(=O)O. The molecule has 0 aliphatic carbocycles. The third-order valence-corrected chi connectivity index (χ3v) is 16.8. The number of hydrogen-bond acceptors (Lipinski definition) is 17. The summed E-state index contributed by atoms with van der Waals surface area (Å²) in [4.78, 5) is 182. The fourth-order valence-electron chi connectivity index (χ4n) is 11.0. The highest BCUT2D eigenvalue weighted by atomic mass is 16.4. The zero-order valence-corrected chi connectivity index (χ0v) is 59.8. The number of rotatable bonds is 48. The first-order chi connectivity index (χ1) is 48.2. The van der Waals surface area contributed by atoms with E-state index in [0.29, 0.717) is 31.4 Å². The molecule has 1 heterocycles. The molecule has 33 heteroatoms. The van der Waals surface area contributed by atoms with Crippen molar-refractivity contribution in [2.45, 2.75) is 218 Å². The van der Waals surface area contributed by atoms with Crippen molar-refractivity contribution in [2.24, 2.45) is 52.3 Å². The lowest BCUT2D eigenvalue weighted by Gasteiger charge is -2.30. The van der Waals surface area contributed by atoms with Crippen LogP contribution in [-0.2, 0) is 75.2 Å². The van der Waals surface area contributed by atoms with Crippen molar-refractivity contribution >= 4 is 93.8 Å². The molecule has 11 atom stereocenters. The number of carboxylic acids is 2. The van der Waals surface area contributed by atoms with Gasteiger partial charge in [0, 0.05) is 42.9 Å². The number of carboxylic acid groups (broad SMARTS) is 2. The number of guanidine groups is 1. The molecular formula is C69H110N18O15. The number of amides is 11. The third kappa shape index (κ3) is 30.6. The predicted octanol–water partition coefficient (Wildman–Crippen LogP) is -1.12. The van der Waals surface area contributed by atoms with Crippen LogP contribution in [0.1, 0.15) is 150 Å². The quantitative estimate of drug-likeness (QED) is 0.0181. The molecule has 0 bridgehead atoms. The third-order valence-electron chi connectivity index (χ3n) is 16.8. The Hall–Kier alpha value is -9.76. The van der Waals surface area contributed by atoms with Crippen LogP contribution in [0.25, 0.3) is 10.9 Å². The first-order valence-electron chi connectivity index (χ1n) is 34.8. The second kappa shape index (κ2) is 44.5. The summed E-state index contributed by atoms with van der Waals surface area (Å²) in [5, 5.41) is 57.1. The predicted molar refractivity (Wildman–Crippen MR) is 381 cm³/mol. The molecule has 25 N–H and O–H groups in total. The van der Waals surface area contributed by atoms with E-state index >= 15 is 0 Å². The summed E-state index contributed by atoms with van der Waals surface area (Å²) in [6, 6.07) is 0.597. The molecular weight excluding hydrogens is 1320 g/mol. The Labute approximate surface area is 595 Å². The first-order valence-corrected chi connectivity index (χ1v) is 34.8.